The highest BCUT2D eigenvalue weighted by Crippen LogP contribution is 2.20. The Morgan fingerprint density at radius 1 is 1.42 bits per heavy atom. The predicted molar refractivity (Wildman–Crippen MR) is 82.7 cm³/mol. The van der Waals surface area contributed by atoms with Crippen LogP contribution in [0.25, 0.3) is 0 Å². The van der Waals surface area contributed by atoms with E-state index in [9.17, 15) is 13.2 Å². The van der Waals surface area contributed by atoms with Crippen LogP contribution in [0.5, 0.6) is 0 Å². The third-order valence-corrected chi connectivity index (χ3v) is 5.99. The van der Waals surface area contributed by atoms with E-state index in [1.165, 1.54) is 0 Å². The van der Waals surface area contributed by atoms with Gasteiger partial charge < -0.3 is 5.32 Å². The first-order chi connectivity index (χ1) is 8.54. The molecule has 1 rings (SSSR count). The second-order valence-corrected chi connectivity index (χ2v) is 8.90. The van der Waals surface area contributed by atoms with Crippen molar-refractivity contribution in [2.24, 2.45) is 0 Å². The zero-order valence-corrected chi connectivity index (χ0v) is 14.2. The highest BCUT2D eigenvalue weighted by molar-refractivity contribution is 9.10. The lowest BCUT2D eigenvalue weighted by Crippen LogP contribution is -2.43. The number of thiol groups is 1. The molecule has 0 radical (unpaired) electrons. The van der Waals surface area contributed by atoms with Gasteiger partial charge in [0.25, 0.3) is 5.91 Å². The van der Waals surface area contributed by atoms with Crippen molar-refractivity contribution in [1.29, 1.82) is 0 Å². The average Bonchev–Trinajstić information content (AvgIpc) is 2.28. The molecule has 7 heteroatoms. The van der Waals surface area contributed by atoms with Crippen molar-refractivity contribution in [3.8, 4) is 0 Å². The van der Waals surface area contributed by atoms with Crippen molar-refractivity contribution in [2.45, 2.75) is 23.5 Å². The Hall–Kier alpha value is -0.530. The van der Waals surface area contributed by atoms with Crippen LogP contribution in [0.2, 0.25) is 0 Å². The Kier molecular flexibility index (Phi) is 5.08. The smallest absolute Gasteiger partial charge is 0.252 e. The molecule has 0 spiro atoms. The lowest BCUT2D eigenvalue weighted by atomic mass is 10.2. The Balaban J connectivity index is 2.85. The van der Waals surface area contributed by atoms with Gasteiger partial charge in [-0.1, -0.05) is 0 Å². The first-order valence-corrected chi connectivity index (χ1v) is 8.64. The van der Waals surface area contributed by atoms with E-state index in [4.69, 9.17) is 0 Å². The first-order valence-electron chi connectivity index (χ1n) is 5.51. The topological polar surface area (TPSA) is 63.2 Å². The van der Waals surface area contributed by atoms with Crippen molar-refractivity contribution < 1.29 is 13.2 Å². The SMILES string of the molecule is CC(C)(CNC(=O)c1cc(S)ccc1Br)S(C)(=O)=O. The van der Waals surface area contributed by atoms with E-state index in [0.717, 1.165) is 6.26 Å². The van der Waals surface area contributed by atoms with Crippen molar-refractivity contribution in [2.75, 3.05) is 12.8 Å². The summed E-state index contributed by atoms with van der Waals surface area (Å²) >= 11 is 7.45. The number of benzene rings is 1. The van der Waals surface area contributed by atoms with Crippen molar-refractivity contribution in [3.05, 3.63) is 28.2 Å². The lowest BCUT2D eigenvalue weighted by molar-refractivity contribution is 0.0949. The summed E-state index contributed by atoms with van der Waals surface area (Å²) in [4.78, 5) is 12.7. The number of halogens is 1. The first kappa shape index (κ1) is 16.5. The van der Waals surface area contributed by atoms with E-state index in [2.05, 4.69) is 33.9 Å². The number of hydrogen-bond acceptors (Lipinski definition) is 4. The highest BCUT2D eigenvalue weighted by Gasteiger charge is 2.30. The Morgan fingerprint density at radius 2 is 2.00 bits per heavy atom. The monoisotopic (exact) mass is 365 g/mol. The summed E-state index contributed by atoms with van der Waals surface area (Å²) in [6.07, 6.45) is 1.16. The number of hydrogen-bond donors (Lipinski definition) is 2. The lowest BCUT2D eigenvalue weighted by Gasteiger charge is -2.22. The molecule has 0 saturated heterocycles. The number of carbonyl (C=O) groups excluding carboxylic acids is 1. The minimum absolute atomic E-state index is 0.0495. The quantitative estimate of drug-likeness (QED) is 0.804. The molecule has 1 aromatic rings. The molecule has 106 valence electrons. The third kappa shape index (κ3) is 4.22. The number of carbonyl (C=O) groups is 1. The van der Waals surface area contributed by atoms with Gasteiger partial charge in [0.15, 0.2) is 9.84 Å². The van der Waals surface area contributed by atoms with Crippen LogP contribution in [-0.4, -0.2) is 31.9 Å². The number of amides is 1. The molecule has 0 aromatic heterocycles. The maximum absolute atomic E-state index is 12.0. The van der Waals surface area contributed by atoms with Crippen LogP contribution in [0.3, 0.4) is 0 Å². The van der Waals surface area contributed by atoms with Crippen LogP contribution in [0, 0.1) is 0 Å². The van der Waals surface area contributed by atoms with Gasteiger partial charge >= 0.3 is 0 Å². The van der Waals surface area contributed by atoms with Crippen molar-refractivity contribution in [1.82, 2.24) is 5.32 Å². The Bertz CT molecular complexity index is 597. The normalized spacial score (nSPS) is 12.3. The summed E-state index contributed by atoms with van der Waals surface area (Å²) in [5.74, 6) is -0.334. The summed E-state index contributed by atoms with van der Waals surface area (Å²) in [5, 5.41) is 2.63. The molecule has 1 amide bonds. The molecule has 19 heavy (non-hydrogen) atoms. The maximum atomic E-state index is 12.0. The minimum Gasteiger partial charge on any atom is -0.350 e. The van der Waals surface area contributed by atoms with Gasteiger partial charge in [0.05, 0.1) is 10.3 Å². The predicted octanol–water partition coefficient (Wildman–Crippen LogP) is 2.29. The molecule has 4 nitrogen and oxygen atoms in total. The van der Waals surface area contributed by atoms with Crippen molar-refractivity contribution >= 4 is 44.3 Å². The molecule has 0 atom stereocenters. The van der Waals surface area contributed by atoms with Gasteiger partial charge in [-0.2, -0.15) is 0 Å². The van der Waals surface area contributed by atoms with E-state index in [0.29, 0.717) is 14.9 Å². The maximum Gasteiger partial charge on any atom is 0.252 e. The summed E-state index contributed by atoms with van der Waals surface area (Å²) < 4.78 is 22.7. The molecule has 0 aliphatic heterocycles. The van der Waals surface area contributed by atoms with Crippen molar-refractivity contribution in [3.63, 3.8) is 0 Å². The molecule has 0 bridgehead atoms. The number of nitrogens with one attached hydrogen (secondary N) is 1. The second-order valence-electron chi connectivity index (χ2n) is 4.88. The van der Waals surface area contributed by atoms with Gasteiger partial charge in [-0.3, -0.25) is 4.79 Å². The number of sulfone groups is 1. The molecule has 0 aliphatic carbocycles. The second kappa shape index (κ2) is 5.85. The molecule has 0 fully saturated rings. The summed E-state index contributed by atoms with van der Waals surface area (Å²) in [7, 11) is -3.24. The molecule has 0 heterocycles. The van der Waals surface area contributed by atoms with E-state index in [-0.39, 0.29) is 12.5 Å². The van der Waals surface area contributed by atoms with Crippen LogP contribution < -0.4 is 5.32 Å². The fourth-order valence-electron chi connectivity index (χ4n) is 1.21. The molecular formula is C12H16BrNO3S2. The van der Waals surface area contributed by atoms with Gasteiger partial charge in [0.2, 0.25) is 0 Å². The van der Waals surface area contributed by atoms with Gasteiger partial charge in [-0.15, -0.1) is 12.6 Å². The summed E-state index contributed by atoms with van der Waals surface area (Å²) in [6.45, 7) is 3.20. The van der Waals surface area contributed by atoms with E-state index in [1.54, 1.807) is 32.0 Å². The van der Waals surface area contributed by atoms with Crippen LogP contribution in [0.4, 0.5) is 0 Å². The van der Waals surface area contributed by atoms with Gasteiger partial charge in [-0.05, 0) is 48.0 Å². The number of rotatable bonds is 4. The summed E-state index contributed by atoms with van der Waals surface area (Å²) in [5.41, 5.74) is 0.428. The van der Waals surface area contributed by atoms with Gasteiger partial charge in [0, 0.05) is 22.2 Å². The Labute approximate surface area is 127 Å². The van der Waals surface area contributed by atoms with Crippen LogP contribution in [0.15, 0.2) is 27.6 Å². The van der Waals surface area contributed by atoms with E-state index in [1.807, 2.05) is 0 Å². The van der Waals surface area contributed by atoms with E-state index < -0.39 is 14.6 Å². The van der Waals surface area contributed by atoms with Crippen LogP contribution >= 0.6 is 28.6 Å². The molecule has 0 aliphatic rings. The fraction of sp³-hybridized carbons (Fsp3) is 0.417. The van der Waals surface area contributed by atoms with Gasteiger partial charge in [0.1, 0.15) is 0 Å². The van der Waals surface area contributed by atoms with E-state index >= 15 is 0 Å². The van der Waals surface area contributed by atoms with Crippen LogP contribution in [-0.2, 0) is 9.84 Å². The molecule has 0 unspecified atom stereocenters. The minimum atomic E-state index is -3.24. The Morgan fingerprint density at radius 3 is 2.53 bits per heavy atom. The molecular weight excluding hydrogens is 350 g/mol. The average molecular weight is 366 g/mol. The molecule has 0 saturated carbocycles. The zero-order chi connectivity index (χ0) is 14.8. The molecule has 1 N–H and O–H groups in total. The van der Waals surface area contributed by atoms with Gasteiger partial charge in [-0.25, -0.2) is 8.42 Å². The highest BCUT2D eigenvalue weighted by atomic mass is 79.9. The molecule has 1 aromatic carbocycles. The van der Waals surface area contributed by atoms with Crippen LogP contribution in [0.1, 0.15) is 24.2 Å². The fourth-order valence-corrected chi connectivity index (χ4v) is 2.17. The third-order valence-electron chi connectivity index (χ3n) is 2.87. The zero-order valence-electron chi connectivity index (χ0n) is 10.9. The standard InChI is InChI=1S/C12H16BrNO3S2/c1-12(2,19(3,16)17)7-14-11(15)9-6-8(18)4-5-10(9)13/h4-6,18H,7H2,1-3H3,(H,14,15). The largest absolute Gasteiger partial charge is 0.350 e. The summed E-state index contributed by atoms with van der Waals surface area (Å²) in [6, 6.07) is 5.10.